The fourth-order valence-electron chi connectivity index (χ4n) is 2.22. The van der Waals surface area contributed by atoms with Gasteiger partial charge in [0.25, 0.3) is 0 Å². The summed E-state index contributed by atoms with van der Waals surface area (Å²) in [4.78, 5) is 22.5. The lowest BCUT2D eigenvalue weighted by atomic mass is 9.81. The van der Waals surface area contributed by atoms with Crippen LogP contribution in [0.2, 0.25) is 0 Å². The molecule has 0 aromatic carbocycles. The normalized spacial score (nSPS) is 23.8. The van der Waals surface area contributed by atoms with E-state index in [1.807, 2.05) is 0 Å². The summed E-state index contributed by atoms with van der Waals surface area (Å²) in [6, 6.07) is 0. The fraction of sp³-hybridized carbons (Fsp3) is 0.833. The van der Waals surface area contributed by atoms with Gasteiger partial charge < -0.3 is 10.1 Å². The van der Waals surface area contributed by atoms with Crippen molar-refractivity contribution in [2.24, 2.45) is 11.8 Å². The summed E-state index contributed by atoms with van der Waals surface area (Å²) >= 11 is 0. The molecule has 1 amide bonds. The molecule has 1 saturated carbocycles. The summed E-state index contributed by atoms with van der Waals surface area (Å²) in [6.07, 6.45) is -3.61. The van der Waals surface area contributed by atoms with Crippen LogP contribution >= 0.6 is 0 Å². The highest BCUT2D eigenvalue weighted by Gasteiger charge is 2.42. The second-order valence-corrected chi connectivity index (χ2v) is 4.71. The Labute approximate surface area is 109 Å². The molecule has 0 aromatic rings. The number of hydrogen-bond donors (Lipinski definition) is 1. The number of alkyl halides is 3. The van der Waals surface area contributed by atoms with Gasteiger partial charge in [0.05, 0.1) is 19.4 Å². The summed E-state index contributed by atoms with van der Waals surface area (Å²) in [7, 11) is 1.25. The molecule has 1 rings (SSSR count). The van der Waals surface area contributed by atoms with Crippen molar-refractivity contribution in [3.8, 4) is 0 Å². The van der Waals surface area contributed by atoms with E-state index in [2.05, 4.69) is 10.1 Å². The number of halogens is 3. The average molecular weight is 281 g/mol. The van der Waals surface area contributed by atoms with Crippen LogP contribution in [-0.4, -0.2) is 31.7 Å². The molecule has 0 aromatic heterocycles. The third-order valence-corrected chi connectivity index (χ3v) is 3.42. The van der Waals surface area contributed by atoms with Crippen LogP contribution in [0.3, 0.4) is 0 Å². The van der Waals surface area contributed by atoms with Crippen LogP contribution in [0.4, 0.5) is 13.2 Å². The number of rotatable bonds is 4. The molecule has 19 heavy (non-hydrogen) atoms. The van der Waals surface area contributed by atoms with E-state index < -0.39 is 18.1 Å². The SMILES string of the molecule is COC(=O)CCNC(=O)C1CCC(C(F)(F)F)CC1. The van der Waals surface area contributed by atoms with Gasteiger partial charge in [0.15, 0.2) is 0 Å². The van der Waals surface area contributed by atoms with E-state index in [9.17, 15) is 22.8 Å². The molecule has 7 heteroatoms. The topological polar surface area (TPSA) is 55.4 Å². The van der Waals surface area contributed by atoms with Gasteiger partial charge in [-0.3, -0.25) is 9.59 Å². The zero-order chi connectivity index (χ0) is 14.5. The zero-order valence-electron chi connectivity index (χ0n) is 10.8. The van der Waals surface area contributed by atoms with E-state index in [4.69, 9.17) is 0 Å². The van der Waals surface area contributed by atoms with Crippen molar-refractivity contribution < 1.29 is 27.5 Å². The van der Waals surface area contributed by atoms with E-state index in [0.717, 1.165) is 0 Å². The van der Waals surface area contributed by atoms with Gasteiger partial charge >= 0.3 is 12.1 Å². The Bertz CT molecular complexity index is 323. The zero-order valence-corrected chi connectivity index (χ0v) is 10.8. The molecule has 1 fully saturated rings. The third-order valence-electron chi connectivity index (χ3n) is 3.42. The van der Waals surface area contributed by atoms with Crippen LogP contribution in [-0.2, 0) is 14.3 Å². The molecule has 0 atom stereocenters. The maximum Gasteiger partial charge on any atom is 0.391 e. The monoisotopic (exact) mass is 281 g/mol. The maximum absolute atomic E-state index is 12.4. The Morgan fingerprint density at radius 1 is 1.21 bits per heavy atom. The van der Waals surface area contributed by atoms with E-state index in [0.29, 0.717) is 0 Å². The summed E-state index contributed by atoms with van der Waals surface area (Å²) in [5.41, 5.74) is 0. The number of hydrogen-bond acceptors (Lipinski definition) is 3. The predicted octanol–water partition coefficient (Wildman–Crippen LogP) is 2.03. The Kier molecular flexibility index (Phi) is 5.62. The number of amides is 1. The van der Waals surface area contributed by atoms with Crippen LogP contribution in [0, 0.1) is 11.8 Å². The highest BCUT2D eigenvalue weighted by Crippen LogP contribution is 2.39. The average Bonchev–Trinajstić information content (AvgIpc) is 2.37. The molecule has 0 radical (unpaired) electrons. The molecular formula is C12H18F3NO3. The van der Waals surface area contributed by atoms with Crippen molar-refractivity contribution in [3.63, 3.8) is 0 Å². The van der Waals surface area contributed by atoms with Gasteiger partial charge in [-0.15, -0.1) is 0 Å². The van der Waals surface area contributed by atoms with Gasteiger partial charge in [-0.05, 0) is 25.7 Å². The minimum absolute atomic E-state index is 0.00140. The van der Waals surface area contributed by atoms with Gasteiger partial charge in [0.2, 0.25) is 5.91 Å². The smallest absolute Gasteiger partial charge is 0.391 e. The highest BCUT2D eigenvalue weighted by atomic mass is 19.4. The minimum Gasteiger partial charge on any atom is -0.469 e. The molecule has 0 unspecified atom stereocenters. The number of methoxy groups -OCH3 is 1. The van der Waals surface area contributed by atoms with Crippen molar-refractivity contribution >= 4 is 11.9 Å². The number of nitrogens with one attached hydrogen (secondary N) is 1. The summed E-state index contributed by atoms with van der Waals surface area (Å²) in [6.45, 7) is 0.157. The first-order valence-electron chi connectivity index (χ1n) is 6.26. The minimum atomic E-state index is -4.16. The van der Waals surface area contributed by atoms with E-state index in [1.54, 1.807) is 0 Å². The summed E-state index contributed by atoms with van der Waals surface area (Å²) in [5.74, 6) is -2.37. The van der Waals surface area contributed by atoms with Crippen molar-refractivity contribution in [1.29, 1.82) is 0 Å². The summed E-state index contributed by atoms with van der Waals surface area (Å²) < 4.78 is 41.8. The largest absolute Gasteiger partial charge is 0.469 e. The lowest BCUT2D eigenvalue weighted by molar-refractivity contribution is -0.184. The van der Waals surface area contributed by atoms with E-state index in [-0.39, 0.29) is 50.5 Å². The second kappa shape index (κ2) is 6.77. The molecular weight excluding hydrogens is 263 g/mol. The Balaban J connectivity index is 2.27. The molecule has 0 bridgehead atoms. The Morgan fingerprint density at radius 3 is 2.26 bits per heavy atom. The molecule has 0 heterocycles. The molecule has 1 aliphatic rings. The van der Waals surface area contributed by atoms with Crippen LogP contribution < -0.4 is 5.32 Å². The van der Waals surface area contributed by atoms with E-state index >= 15 is 0 Å². The van der Waals surface area contributed by atoms with Crippen molar-refractivity contribution in [2.75, 3.05) is 13.7 Å². The van der Waals surface area contributed by atoms with Crippen LogP contribution in [0.25, 0.3) is 0 Å². The Hall–Kier alpha value is -1.27. The second-order valence-electron chi connectivity index (χ2n) is 4.71. The number of carbonyl (C=O) groups excluding carboxylic acids is 2. The van der Waals surface area contributed by atoms with Crippen molar-refractivity contribution in [3.05, 3.63) is 0 Å². The van der Waals surface area contributed by atoms with Gasteiger partial charge in [-0.1, -0.05) is 0 Å². The first-order valence-corrected chi connectivity index (χ1v) is 6.26. The standard InChI is InChI=1S/C12H18F3NO3/c1-19-10(17)6-7-16-11(18)8-2-4-9(5-3-8)12(13,14)15/h8-9H,2-7H2,1H3,(H,16,18). The quantitative estimate of drug-likeness (QED) is 0.802. The van der Waals surface area contributed by atoms with E-state index in [1.165, 1.54) is 7.11 Å². The predicted molar refractivity (Wildman–Crippen MR) is 61.1 cm³/mol. The highest BCUT2D eigenvalue weighted by molar-refractivity contribution is 5.79. The fourth-order valence-corrected chi connectivity index (χ4v) is 2.22. The van der Waals surface area contributed by atoms with Gasteiger partial charge in [0.1, 0.15) is 0 Å². The third kappa shape index (κ3) is 5.08. The summed E-state index contributed by atoms with van der Waals surface area (Å²) in [5, 5.41) is 2.55. The van der Waals surface area contributed by atoms with Gasteiger partial charge in [-0.2, -0.15) is 13.2 Å². The molecule has 0 saturated heterocycles. The molecule has 1 N–H and O–H groups in total. The van der Waals surface area contributed by atoms with Gasteiger partial charge in [-0.25, -0.2) is 0 Å². The lowest BCUT2D eigenvalue weighted by Gasteiger charge is -2.29. The van der Waals surface area contributed by atoms with Crippen molar-refractivity contribution in [2.45, 2.75) is 38.3 Å². The maximum atomic E-state index is 12.4. The molecule has 4 nitrogen and oxygen atoms in total. The Morgan fingerprint density at radius 2 is 1.79 bits per heavy atom. The molecule has 0 spiro atoms. The van der Waals surface area contributed by atoms with Crippen LogP contribution in [0.15, 0.2) is 0 Å². The lowest BCUT2D eigenvalue weighted by Crippen LogP contribution is -2.36. The number of esters is 1. The first-order chi connectivity index (χ1) is 8.84. The molecule has 110 valence electrons. The van der Waals surface area contributed by atoms with Gasteiger partial charge in [0, 0.05) is 12.5 Å². The molecule has 0 aliphatic heterocycles. The number of ether oxygens (including phenoxy) is 1. The van der Waals surface area contributed by atoms with Crippen LogP contribution in [0.1, 0.15) is 32.1 Å². The molecule has 1 aliphatic carbocycles. The van der Waals surface area contributed by atoms with Crippen LogP contribution in [0.5, 0.6) is 0 Å². The number of carbonyl (C=O) groups is 2. The van der Waals surface area contributed by atoms with Crippen molar-refractivity contribution in [1.82, 2.24) is 5.32 Å². The first kappa shape index (κ1) is 15.8.